The van der Waals surface area contributed by atoms with Crippen LogP contribution < -0.4 is 0 Å². The molecule has 0 bridgehead atoms. The molecule has 1 aliphatic heterocycles. The van der Waals surface area contributed by atoms with Crippen LogP contribution in [0.2, 0.25) is 0 Å². The van der Waals surface area contributed by atoms with Crippen molar-refractivity contribution < 1.29 is 9.53 Å². The maximum absolute atomic E-state index is 11.2. The van der Waals surface area contributed by atoms with Gasteiger partial charge in [0.25, 0.3) is 0 Å². The van der Waals surface area contributed by atoms with E-state index in [0.29, 0.717) is 18.6 Å². The molecule has 3 nitrogen and oxygen atoms in total. The zero-order valence-electron chi connectivity index (χ0n) is 10.3. The van der Waals surface area contributed by atoms with Gasteiger partial charge in [-0.15, -0.1) is 0 Å². The van der Waals surface area contributed by atoms with Crippen LogP contribution in [0, 0.1) is 11.3 Å². The molecule has 2 unspecified atom stereocenters. The van der Waals surface area contributed by atoms with Gasteiger partial charge in [-0.3, -0.25) is 0 Å². The first-order valence-corrected chi connectivity index (χ1v) is 5.75. The fraction of sp³-hybridized carbons (Fsp3) is 0.917. The van der Waals surface area contributed by atoms with Crippen molar-refractivity contribution in [3.63, 3.8) is 0 Å². The highest BCUT2D eigenvalue weighted by Crippen LogP contribution is 2.28. The molecule has 0 radical (unpaired) electrons. The highest BCUT2D eigenvalue weighted by molar-refractivity contribution is 5.60. The smallest absolute Gasteiger partial charge is 0.129 e. The van der Waals surface area contributed by atoms with Crippen molar-refractivity contribution in [2.45, 2.75) is 33.2 Å². The van der Waals surface area contributed by atoms with E-state index >= 15 is 0 Å². The number of hydrogen-bond acceptors (Lipinski definition) is 3. The highest BCUT2D eigenvalue weighted by Gasteiger charge is 2.36. The van der Waals surface area contributed by atoms with Gasteiger partial charge in [-0.05, 0) is 26.3 Å². The Hall–Kier alpha value is -0.410. The van der Waals surface area contributed by atoms with Gasteiger partial charge in [0, 0.05) is 19.2 Å². The van der Waals surface area contributed by atoms with Crippen LogP contribution in [0.25, 0.3) is 0 Å². The first-order valence-electron chi connectivity index (χ1n) is 5.75. The predicted octanol–water partition coefficient (Wildman–Crippen LogP) is 1.57. The summed E-state index contributed by atoms with van der Waals surface area (Å²) in [6.45, 7) is 8.75. The van der Waals surface area contributed by atoms with E-state index in [1.807, 2.05) is 0 Å². The van der Waals surface area contributed by atoms with E-state index in [1.54, 1.807) is 0 Å². The molecule has 1 heterocycles. The minimum Gasteiger partial charge on any atom is -0.380 e. The maximum Gasteiger partial charge on any atom is 0.129 e. The van der Waals surface area contributed by atoms with Crippen LogP contribution in [0.5, 0.6) is 0 Å². The quantitative estimate of drug-likeness (QED) is 0.649. The zero-order chi connectivity index (χ0) is 11.5. The van der Waals surface area contributed by atoms with Gasteiger partial charge in [-0.25, -0.2) is 0 Å². The van der Waals surface area contributed by atoms with E-state index in [0.717, 1.165) is 25.9 Å². The van der Waals surface area contributed by atoms with E-state index in [2.05, 4.69) is 32.7 Å². The van der Waals surface area contributed by atoms with Crippen molar-refractivity contribution in [2.24, 2.45) is 11.3 Å². The van der Waals surface area contributed by atoms with Crippen LogP contribution in [0.3, 0.4) is 0 Å². The second-order valence-corrected chi connectivity index (χ2v) is 5.18. The van der Waals surface area contributed by atoms with Gasteiger partial charge in [-0.2, -0.15) is 0 Å². The molecule has 88 valence electrons. The van der Waals surface area contributed by atoms with Crippen molar-refractivity contribution in [3.05, 3.63) is 0 Å². The molecule has 0 aromatic rings. The Morgan fingerprint density at radius 1 is 1.47 bits per heavy atom. The molecule has 15 heavy (non-hydrogen) atoms. The van der Waals surface area contributed by atoms with Gasteiger partial charge in [0.15, 0.2) is 0 Å². The van der Waals surface area contributed by atoms with Gasteiger partial charge >= 0.3 is 0 Å². The van der Waals surface area contributed by atoms with E-state index in [1.165, 1.54) is 0 Å². The Morgan fingerprint density at radius 3 is 2.53 bits per heavy atom. The fourth-order valence-electron chi connectivity index (χ4n) is 2.03. The number of hydrogen-bond donors (Lipinski definition) is 0. The van der Waals surface area contributed by atoms with Gasteiger partial charge in [0.1, 0.15) is 6.29 Å². The average molecular weight is 213 g/mol. The predicted molar refractivity (Wildman–Crippen MR) is 60.9 cm³/mol. The van der Waals surface area contributed by atoms with E-state index in [9.17, 15) is 4.79 Å². The first-order chi connectivity index (χ1) is 7.01. The van der Waals surface area contributed by atoms with Crippen LogP contribution in [-0.2, 0) is 9.53 Å². The Kier molecular flexibility index (Phi) is 4.29. The Labute approximate surface area is 92.8 Å². The summed E-state index contributed by atoms with van der Waals surface area (Å²) < 4.78 is 5.33. The molecule has 0 aliphatic carbocycles. The number of carbonyl (C=O) groups is 1. The summed E-state index contributed by atoms with van der Waals surface area (Å²) in [5.74, 6) is 0.612. The van der Waals surface area contributed by atoms with Crippen molar-refractivity contribution in [2.75, 3.05) is 26.8 Å². The third-order valence-electron chi connectivity index (χ3n) is 3.61. The number of rotatable bonds is 5. The number of aldehydes is 1. The average Bonchev–Trinajstić information content (AvgIpc) is 2.65. The monoisotopic (exact) mass is 213 g/mol. The molecular weight excluding hydrogens is 190 g/mol. The topological polar surface area (TPSA) is 29.5 Å². The molecule has 0 N–H and O–H groups in total. The molecule has 0 aromatic carbocycles. The Morgan fingerprint density at radius 2 is 2.13 bits per heavy atom. The lowest BCUT2D eigenvalue weighted by Crippen LogP contribution is -2.43. The second kappa shape index (κ2) is 5.08. The van der Waals surface area contributed by atoms with E-state index < -0.39 is 0 Å². The largest absolute Gasteiger partial charge is 0.380 e. The molecule has 3 heteroatoms. The van der Waals surface area contributed by atoms with Crippen LogP contribution >= 0.6 is 0 Å². The normalized spacial score (nSPS) is 28.7. The van der Waals surface area contributed by atoms with E-state index in [4.69, 9.17) is 4.74 Å². The first kappa shape index (κ1) is 12.7. The minimum absolute atomic E-state index is 0.252. The molecule has 0 spiro atoms. The van der Waals surface area contributed by atoms with Gasteiger partial charge < -0.3 is 14.4 Å². The number of nitrogens with zero attached hydrogens (tertiary/aromatic N) is 1. The maximum atomic E-state index is 11.2. The summed E-state index contributed by atoms with van der Waals surface area (Å²) in [6.07, 6.45) is 1.95. The Balaban J connectivity index is 2.55. The number of carbonyl (C=O) groups excluding carboxylic acids is 1. The summed E-state index contributed by atoms with van der Waals surface area (Å²) in [4.78, 5) is 13.4. The summed E-state index contributed by atoms with van der Waals surface area (Å²) in [6, 6.07) is 0.502. The molecular formula is C12H23NO2. The molecule has 0 saturated carbocycles. The number of ether oxygens (including phenoxy) is 1. The summed E-state index contributed by atoms with van der Waals surface area (Å²) in [5.41, 5.74) is -0.252. The SMILES string of the molecule is CC(C)C(C)N(C)CC1(C=O)CCOC1. The summed E-state index contributed by atoms with van der Waals surface area (Å²) in [5, 5.41) is 0. The Bertz CT molecular complexity index is 210. The third-order valence-corrected chi connectivity index (χ3v) is 3.61. The summed E-state index contributed by atoms with van der Waals surface area (Å²) >= 11 is 0. The molecule has 1 aliphatic rings. The zero-order valence-corrected chi connectivity index (χ0v) is 10.3. The fourth-order valence-corrected chi connectivity index (χ4v) is 2.03. The van der Waals surface area contributed by atoms with E-state index in [-0.39, 0.29) is 5.41 Å². The molecule has 2 atom stereocenters. The van der Waals surface area contributed by atoms with Crippen LogP contribution in [0.1, 0.15) is 27.2 Å². The lowest BCUT2D eigenvalue weighted by molar-refractivity contribution is -0.117. The molecule has 1 fully saturated rings. The van der Waals surface area contributed by atoms with Crippen LogP contribution in [0.4, 0.5) is 0 Å². The van der Waals surface area contributed by atoms with Crippen LogP contribution in [-0.4, -0.2) is 44.0 Å². The van der Waals surface area contributed by atoms with Gasteiger partial charge in [0.05, 0.1) is 12.0 Å². The van der Waals surface area contributed by atoms with Crippen LogP contribution in [0.15, 0.2) is 0 Å². The minimum atomic E-state index is -0.252. The van der Waals surface area contributed by atoms with Crippen molar-refractivity contribution in [3.8, 4) is 0 Å². The van der Waals surface area contributed by atoms with Crippen molar-refractivity contribution in [1.82, 2.24) is 4.90 Å². The van der Waals surface area contributed by atoms with Crippen molar-refractivity contribution in [1.29, 1.82) is 0 Å². The van der Waals surface area contributed by atoms with Gasteiger partial charge in [0.2, 0.25) is 0 Å². The highest BCUT2D eigenvalue weighted by atomic mass is 16.5. The third kappa shape index (κ3) is 3.02. The molecule has 0 aromatic heterocycles. The van der Waals surface area contributed by atoms with Crippen molar-refractivity contribution >= 4 is 6.29 Å². The molecule has 0 amide bonds. The summed E-state index contributed by atoms with van der Waals surface area (Å²) in [7, 11) is 2.09. The molecule has 1 rings (SSSR count). The standard InChI is InChI=1S/C12H23NO2/c1-10(2)11(3)13(4)7-12(8-14)5-6-15-9-12/h8,10-11H,5-7,9H2,1-4H3. The second-order valence-electron chi connectivity index (χ2n) is 5.18. The molecule has 1 saturated heterocycles. The lowest BCUT2D eigenvalue weighted by Gasteiger charge is -2.33. The lowest BCUT2D eigenvalue weighted by atomic mass is 9.88. The van der Waals surface area contributed by atoms with Gasteiger partial charge in [-0.1, -0.05) is 13.8 Å².